The minimum absolute atomic E-state index is 0.0644. The third kappa shape index (κ3) is 5.06. The second kappa shape index (κ2) is 9.66. The number of sulfonamides is 1. The van der Waals surface area contributed by atoms with Gasteiger partial charge in [0.2, 0.25) is 0 Å². The Morgan fingerprint density at radius 2 is 1.61 bits per heavy atom. The van der Waals surface area contributed by atoms with Crippen molar-refractivity contribution in [3.05, 3.63) is 90.0 Å². The van der Waals surface area contributed by atoms with Gasteiger partial charge < -0.3 is 9.64 Å². The lowest BCUT2D eigenvalue weighted by molar-refractivity contribution is 0.0802. The number of ether oxygens (including phenoxy) is 1. The molecule has 0 unspecified atom stereocenters. The summed E-state index contributed by atoms with van der Waals surface area (Å²) in [5, 5.41) is 0. The Hall–Kier alpha value is -3.32. The minimum atomic E-state index is -3.94. The Balaban J connectivity index is 2.05. The summed E-state index contributed by atoms with van der Waals surface area (Å²) in [5.74, 6) is 0.412. The van der Waals surface area contributed by atoms with Crippen molar-refractivity contribution in [3.8, 4) is 5.75 Å². The first-order valence-electron chi connectivity index (χ1n) is 9.93. The number of nitrogens with zero attached hydrogens (tertiary/aromatic N) is 2. The van der Waals surface area contributed by atoms with Crippen molar-refractivity contribution < 1.29 is 17.9 Å². The van der Waals surface area contributed by atoms with E-state index in [4.69, 9.17) is 4.74 Å². The molecule has 6 nitrogen and oxygen atoms in total. The Morgan fingerprint density at radius 3 is 2.23 bits per heavy atom. The van der Waals surface area contributed by atoms with Crippen molar-refractivity contribution in [1.82, 2.24) is 4.90 Å². The Kier molecular flexibility index (Phi) is 6.97. The third-order valence-corrected chi connectivity index (χ3v) is 6.79. The molecule has 0 aliphatic heterocycles. The molecule has 0 atom stereocenters. The average molecular weight is 439 g/mol. The normalized spacial score (nSPS) is 11.1. The summed E-state index contributed by atoms with van der Waals surface area (Å²) in [6.07, 6.45) is 0. The van der Waals surface area contributed by atoms with Crippen LogP contribution in [-0.2, 0) is 16.6 Å². The molecule has 0 heterocycles. The second-order valence-corrected chi connectivity index (χ2v) is 8.90. The molecule has 162 valence electrons. The quantitative estimate of drug-likeness (QED) is 0.529. The molecule has 0 aromatic heterocycles. The molecule has 0 radical (unpaired) electrons. The van der Waals surface area contributed by atoms with Crippen LogP contribution in [0.4, 0.5) is 5.69 Å². The predicted octanol–water partition coefficient (Wildman–Crippen LogP) is 4.18. The number of benzene rings is 3. The van der Waals surface area contributed by atoms with Crippen LogP contribution < -0.4 is 9.04 Å². The molecule has 3 rings (SSSR count). The lowest BCUT2D eigenvalue weighted by Crippen LogP contribution is -2.31. The molecule has 0 saturated heterocycles. The highest BCUT2D eigenvalue weighted by Gasteiger charge is 2.26. The highest BCUT2D eigenvalue weighted by Crippen LogP contribution is 2.28. The van der Waals surface area contributed by atoms with Gasteiger partial charge in [0.05, 0.1) is 24.2 Å². The lowest BCUT2D eigenvalue weighted by atomic mass is 10.2. The maximum Gasteiger partial charge on any atom is 0.264 e. The molecular formula is C24H26N2O4S. The summed E-state index contributed by atoms with van der Waals surface area (Å²) in [6.45, 7) is 2.55. The van der Waals surface area contributed by atoms with Gasteiger partial charge in [0, 0.05) is 19.2 Å². The fraction of sp³-hybridized carbons (Fsp3) is 0.208. The number of amides is 1. The number of carbonyl (C=O) groups is 1. The zero-order chi connectivity index (χ0) is 22.4. The molecule has 0 saturated carbocycles. The van der Waals surface area contributed by atoms with E-state index in [1.54, 1.807) is 50.6 Å². The van der Waals surface area contributed by atoms with Gasteiger partial charge in [0.1, 0.15) is 5.75 Å². The van der Waals surface area contributed by atoms with E-state index in [1.807, 2.05) is 37.3 Å². The molecule has 0 aliphatic rings. The molecule has 0 bridgehead atoms. The summed E-state index contributed by atoms with van der Waals surface area (Å²) >= 11 is 0. The first kappa shape index (κ1) is 22.4. The summed E-state index contributed by atoms with van der Waals surface area (Å²) in [7, 11) is -0.697. The standard InChI is InChI=1S/C24H26N2O4S/c1-4-25(2)24(27)20-11-8-12-23(17-20)31(28,29)26(18-19-9-6-5-7-10-19)21-13-15-22(30-3)16-14-21/h5-17H,4,18H2,1-3H3. The molecule has 3 aromatic carbocycles. The zero-order valence-electron chi connectivity index (χ0n) is 17.9. The molecule has 0 spiro atoms. The highest BCUT2D eigenvalue weighted by molar-refractivity contribution is 7.92. The van der Waals surface area contributed by atoms with Crippen LogP contribution in [0.25, 0.3) is 0 Å². The molecular weight excluding hydrogens is 412 g/mol. The minimum Gasteiger partial charge on any atom is -0.497 e. The molecule has 0 aliphatic carbocycles. The number of hydrogen-bond donors (Lipinski definition) is 0. The van der Waals surface area contributed by atoms with E-state index in [1.165, 1.54) is 21.3 Å². The van der Waals surface area contributed by atoms with Crippen LogP contribution >= 0.6 is 0 Å². The number of carbonyl (C=O) groups excluding carboxylic acids is 1. The van der Waals surface area contributed by atoms with E-state index in [0.29, 0.717) is 23.5 Å². The Labute approximate surface area is 183 Å². The van der Waals surface area contributed by atoms with Gasteiger partial charge >= 0.3 is 0 Å². The number of anilines is 1. The van der Waals surface area contributed by atoms with Gasteiger partial charge in [-0.1, -0.05) is 36.4 Å². The summed E-state index contributed by atoms with van der Waals surface area (Å²) in [5.41, 5.74) is 1.69. The van der Waals surface area contributed by atoms with Gasteiger partial charge in [-0.3, -0.25) is 9.10 Å². The first-order valence-corrected chi connectivity index (χ1v) is 11.4. The average Bonchev–Trinajstić information content (AvgIpc) is 2.82. The molecule has 0 fully saturated rings. The van der Waals surface area contributed by atoms with Crippen molar-refractivity contribution in [2.24, 2.45) is 0 Å². The molecule has 7 heteroatoms. The van der Waals surface area contributed by atoms with Gasteiger partial charge in [0.25, 0.3) is 15.9 Å². The first-order chi connectivity index (χ1) is 14.9. The van der Waals surface area contributed by atoms with Gasteiger partial charge in [-0.15, -0.1) is 0 Å². The fourth-order valence-electron chi connectivity index (χ4n) is 3.09. The SMILES string of the molecule is CCN(C)C(=O)c1cccc(S(=O)(=O)N(Cc2ccccc2)c2ccc(OC)cc2)c1. The van der Waals surface area contributed by atoms with Crippen molar-refractivity contribution in [2.75, 3.05) is 25.0 Å². The third-order valence-electron chi connectivity index (χ3n) is 5.02. The molecule has 3 aromatic rings. The topological polar surface area (TPSA) is 66.9 Å². The highest BCUT2D eigenvalue weighted by atomic mass is 32.2. The maximum absolute atomic E-state index is 13.7. The van der Waals surface area contributed by atoms with E-state index in [0.717, 1.165) is 5.56 Å². The van der Waals surface area contributed by atoms with Crippen molar-refractivity contribution >= 4 is 21.6 Å². The van der Waals surface area contributed by atoms with Gasteiger partial charge in [-0.25, -0.2) is 8.42 Å². The molecule has 0 N–H and O–H groups in total. The number of methoxy groups -OCH3 is 1. The van der Waals surface area contributed by atoms with E-state index >= 15 is 0 Å². The summed E-state index contributed by atoms with van der Waals surface area (Å²) < 4.78 is 33.9. The number of hydrogen-bond acceptors (Lipinski definition) is 4. The van der Waals surface area contributed by atoms with Crippen LogP contribution in [0.5, 0.6) is 5.75 Å². The van der Waals surface area contributed by atoms with Crippen LogP contribution in [0.3, 0.4) is 0 Å². The van der Waals surface area contributed by atoms with Crippen molar-refractivity contribution in [1.29, 1.82) is 0 Å². The van der Waals surface area contributed by atoms with E-state index < -0.39 is 10.0 Å². The maximum atomic E-state index is 13.7. The second-order valence-electron chi connectivity index (χ2n) is 7.04. The van der Waals surface area contributed by atoms with E-state index in [-0.39, 0.29) is 17.3 Å². The van der Waals surface area contributed by atoms with Gasteiger partial charge in [0.15, 0.2) is 0 Å². The Morgan fingerprint density at radius 1 is 0.935 bits per heavy atom. The smallest absolute Gasteiger partial charge is 0.264 e. The molecule has 1 amide bonds. The van der Waals surface area contributed by atoms with E-state index in [9.17, 15) is 13.2 Å². The lowest BCUT2D eigenvalue weighted by Gasteiger charge is -2.25. The van der Waals surface area contributed by atoms with Crippen LogP contribution in [0.1, 0.15) is 22.8 Å². The molecule has 31 heavy (non-hydrogen) atoms. The predicted molar refractivity (Wildman–Crippen MR) is 122 cm³/mol. The van der Waals surface area contributed by atoms with Crippen molar-refractivity contribution in [2.45, 2.75) is 18.4 Å². The van der Waals surface area contributed by atoms with Crippen LogP contribution in [0.15, 0.2) is 83.8 Å². The van der Waals surface area contributed by atoms with Crippen LogP contribution in [0.2, 0.25) is 0 Å². The van der Waals surface area contributed by atoms with Crippen LogP contribution in [-0.4, -0.2) is 39.9 Å². The van der Waals surface area contributed by atoms with E-state index in [2.05, 4.69) is 0 Å². The summed E-state index contributed by atoms with van der Waals surface area (Å²) in [6, 6.07) is 22.4. The van der Waals surface area contributed by atoms with Crippen LogP contribution in [0, 0.1) is 0 Å². The summed E-state index contributed by atoms with van der Waals surface area (Å²) in [4.78, 5) is 14.2. The largest absolute Gasteiger partial charge is 0.497 e. The van der Waals surface area contributed by atoms with Crippen molar-refractivity contribution in [3.63, 3.8) is 0 Å². The zero-order valence-corrected chi connectivity index (χ0v) is 18.7. The van der Waals surface area contributed by atoms with Gasteiger partial charge in [-0.05, 0) is 55.0 Å². The monoisotopic (exact) mass is 438 g/mol. The number of rotatable bonds is 8. The Bertz CT molecular complexity index is 1130. The fourth-order valence-corrected chi connectivity index (χ4v) is 4.59. The van der Waals surface area contributed by atoms with Gasteiger partial charge in [-0.2, -0.15) is 0 Å².